The number of amides is 1. The Labute approximate surface area is 102 Å². The molecule has 1 aromatic carbocycles. The maximum Gasteiger partial charge on any atom is 0.253 e. The van der Waals surface area contributed by atoms with Gasteiger partial charge >= 0.3 is 0 Å². The van der Waals surface area contributed by atoms with E-state index in [-0.39, 0.29) is 5.91 Å². The lowest BCUT2D eigenvalue weighted by molar-refractivity contribution is 0.0801. The van der Waals surface area contributed by atoms with Crippen molar-refractivity contribution in [3.8, 4) is 5.75 Å². The third kappa shape index (κ3) is 4.07. The van der Waals surface area contributed by atoms with Crippen molar-refractivity contribution in [2.75, 3.05) is 33.9 Å². The number of carbonyl (C=O) groups is 1. The minimum Gasteiger partial charge on any atom is -0.491 e. The molecule has 0 saturated carbocycles. The summed E-state index contributed by atoms with van der Waals surface area (Å²) in [6, 6.07) is 7.19. The monoisotopic (exact) mass is 237 g/mol. The Bertz CT molecular complexity index is 365. The van der Waals surface area contributed by atoms with E-state index >= 15 is 0 Å². The van der Waals surface area contributed by atoms with Gasteiger partial charge in [-0.3, -0.25) is 4.79 Å². The van der Waals surface area contributed by atoms with E-state index in [2.05, 4.69) is 0 Å². The maximum absolute atomic E-state index is 11.9. The Hall–Kier alpha value is -1.55. The van der Waals surface area contributed by atoms with Crippen LogP contribution >= 0.6 is 0 Å². The average Bonchev–Trinajstić information content (AvgIpc) is 2.37. The van der Waals surface area contributed by atoms with E-state index in [9.17, 15) is 4.79 Å². The number of hydrogen-bond donors (Lipinski definition) is 0. The molecule has 1 rings (SSSR count). The second-order valence-electron chi connectivity index (χ2n) is 3.69. The Morgan fingerprint density at radius 1 is 1.35 bits per heavy atom. The number of ether oxygens (including phenoxy) is 2. The highest BCUT2D eigenvalue weighted by Gasteiger charge is 2.10. The molecule has 94 valence electrons. The Kier molecular flexibility index (Phi) is 5.49. The number of hydrogen-bond acceptors (Lipinski definition) is 3. The quantitative estimate of drug-likeness (QED) is 0.708. The molecule has 0 aromatic heterocycles. The van der Waals surface area contributed by atoms with E-state index in [4.69, 9.17) is 9.47 Å². The van der Waals surface area contributed by atoms with Gasteiger partial charge in [-0.15, -0.1) is 0 Å². The first-order valence-corrected chi connectivity index (χ1v) is 5.66. The maximum atomic E-state index is 11.9. The molecule has 0 radical (unpaired) electrons. The van der Waals surface area contributed by atoms with Crippen molar-refractivity contribution < 1.29 is 14.3 Å². The summed E-state index contributed by atoms with van der Waals surface area (Å²) in [6.45, 7) is 3.65. The third-order valence-electron chi connectivity index (χ3n) is 2.46. The fourth-order valence-corrected chi connectivity index (χ4v) is 1.33. The summed E-state index contributed by atoms with van der Waals surface area (Å²) in [4.78, 5) is 13.6. The predicted octanol–water partition coefficient (Wildman–Crippen LogP) is 1.80. The van der Waals surface area contributed by atoms with Crippen LogP contribution in [0.5, 0.6) is 5.75 Å². The van der Waals surface area contributed by atoms with E-state index in [0.29, 0.717) is 31.1 Å². The second kappa shape index (κ2) is 6.91. The summed E-state index contributed by atoms with van der Waals surface area (Å²) in [5, 5.41) is 0. The molecule has 0 aliphatic carbocycles. The van der Waals surface area contributed by atoms with Crippen molar-refractivity contribution in [1.29, 1.82) is 0 Å². The van der Waals surface area contributed by atoms with E-state index in [1.54, 1.807) is 31.2 Å². The second-order valence-corrected chi connectivity index (χ2v) is 3.69. The molecule has 0 unspecified atom stereocenters. The van der Waals surface area contributed by atoms with Crippen LogP contribution in [0.2, 0.25) is 0 Å². The Morgan fingerprint density at radius 2 is 2.12 bits per heavy atom. The molecule has 1 amide bonds. The zero-order chi connectivity index (χ0) is 12.7. The number of benzene rings is 1. The van der Waals surface area contributed by atoms with Crippen molar-refractivity contribution in [2.24, 2.45) is 0 Å². The average molecular weight is 237 g/mol. The Balaban J connectivity index is 2.68. The van der Waals surface area contributed by atoms with Crippen LogP contribution in [-0.2, 0) is 4.74 Å². The zero-order valence-corrected chi connectivity index (χ0v) is 10.6. The van der Waals surface area contributed by atoms with Gasteiger partial charge in [0.15, 0.2) is 0 Å². The normalized spacial score (nSPS) is 10.1. The molecule has 0 N–H and O–H groups in total. The van der Waals surface area contributed by atoms with Crippen molar-refractivity contribution in [3.63, 3.8) is 0 Å². The summed E-state index contributed by atoms with van der Waals surface area (Å²) >= 11 is 0. The molecule has 0 aliphatic heterocycles. The van der Waals surface area contributed by atoms with Gasteiger partial charge in [0, 0.05) is 26.3 Å². The van der Waals surface area contributed by atoms with E-state index in [1.165, 1.54) is 0 Å². The van der Waals surface area contributed by atoms with Crippen molar-refractivity contribution in [3.05, 3.63) is 29.8 Å². The molecular weight excluding hydrogens is 218 g/mol. The fourth-order valence-electron chi connectivity index (χ4n) is 1.33. The smallest absolute Gasteiger partial charge is 0.253 e. The van der Waals surface area contributed by atoms with Crippen molar-refractivity contribution >= 4 is 5.91 Å². The first-order valence-electron chi connectivity index (χ1n) is 5.66. The number of rotatable bonds is 6. The van der Waals surface area contributed by atoms with Crippen LogP contribution in [0.3, 0.4) is 0 Å². The molecular formula is C13H19NO3. The van der Waals surface area contributed by atoms with Gasteiger partial charge in [0.2, 0.25) is 0 Å². The van der Waals surface area contributed by atoms with Crippen LogP contribution in [0.4, 0.5) is 0 Å². The zero-order valence-electron chi connectivity index (χ0n) is 10.6. The molecule has 17 heavy (non-hydrogen) atoms. The van der Waals surface area contributed by atoms with Crippen LogP contribution in [0.25, 0.3) is 0 Å². The van der Waals surface area contributed by atoms with Gasteiger partial charge in [0.1, 0.15) is 12.4 Å². The summed E-state index contributed by atoms with van der Waals surface area (Å²) < 4.78 is 10.4. The summed E-state index contributed by atoms with van der Waals surface area (Å²) in [7, 11) is 3.40. The SMILES string of the molecule is CCN(C)C(=O)c1cccc(OCCOC)c1. The number of nitrogens with zero attached hydrogens (tertiary/aromatic N) is 1. The fraction of sp³-hybridized carbons (Fsp3) is 0.462. The number of methoxy groups -OCH3 is 1. The van der Waals surface area contributed by atoms with Crippen LogP contribution < -0.4 is 4.74 Å². The van der Waals surface area contributed by atoms with Crippen molar-refractivity contribution in [1.82, 2.24) is 4.90 Å². The molecule has 0 bridgehead atoms. The lowest BCUT2D eigenvalue weighted by Gasteiger charge is -2.15. The summed E-state index contributed by atoms with van der Waals surface area (Å²) in [6.07, 6.45) is 0. The molecule has 0 fully saturated rings. The number of carbonyl (C=O) groups excluding carboxylic acids is 1. The molecule has 1 aromatic rings. The van der Waals surface area contributed by atoms with E-state index < -0.39 is 0 Å². The molecule has 0 spiro atoms. The highest BCUT2D eigenvalue weighted by atomic mass is 16.5. The van der Waals surface area contributed by atoms with Gasteiger partial charge in [-0.1, -0.05) is 6.07 Å². The first kappa shape index (κ1) is 13.5. The van der Waals surface area contributed by atoms with Crippen LogP contribution in [0.15, 0.2) is 24.3 Å². The molecule has 0 aliphatic rings. The summed E-state index contributed by atoms with van der Waals surface area (Å²) in [5.41, 5.74) is 0.643. The lowest BCUT2D eigenvalue weighted by atomic mass is 10.2. The molecule has 0 heterocycles. The minimum absolute atomic E-state index is 0.00434. The third-order valence-corrected chi connectivity index (χ3v) is 2.46. The largest absolute Gasteiger partial charge is 0.491 e. The van der Waals surface area contributed by atoms with Gasteiger partial charge < -0.3 is 14.4 Å². The molecule has 4 heteroatoms. The predicted molar refractivity (Wildman–Crippen MR) is 66.4 cm³/mol. The first-order chi connectivity index (χ1) is 8.19. The highest BCUT2D eigenvalue weighted by molar-refractivity contribution is 5.94. The van der Waals surface area contributed by atoms with E-state index in [0.717, 1.165) is 0 Å². The van der Waals surface area contributed by atoms with Crippen molar-refractivity contribution in [2.45, 2.75) is 6.92 Å². The minimum atomic E-state index is 0.00434. The topological polar surface area (TPSA) is 38.8 Å². The molecule has 4 nitrogen and oxygen atoms in total. The molecule has 0 saturated heterocycles. The van der Waals surface area contributed by atoms with Gasteiger partial charge in [0.05, 0.1) is 6.61 Å². The van der Waals surface area contributed by atoms with Crippen LogP contribution in [0.1, 0.15) is 17.3 Å². The summed E-state index contributed by atoms with van der Waals surface area (Å²) in [5.74, 6) is 0.696. The van der Waals surface area contributed by atoms with Gasteiger partial charge in [0.25, 0.3) is 5.91 Å². The molecule has 0 atom stereocenters. The van der Waals surface area contributed by atoms with Gasteiger partial charge in [-0.05, 0) is 25.1 Å². The van der Waals surface area contributed by atoms with Gasteiger partial charge in [-0.2, -0.15) is 0 Å². The lowest BCUT2D eigenvalue weighted by Crippen LogP contribution is -2.26. The standard InChI is InChI=1S/C13H19NO3/c1-4-14(2)13(15)11-6-5-7-12(10-11)17-9-8-16-3/h5-7,10H,4,8-9H2,1-3H3. The highest BCUT2D eigenvalue weighted by Crippen LogP contribution is 2.14. The Morgan fingerprint density at radius 3 is 2.76 bits per heavy atom. The van der Waals surface area contributed by atoms with E-state index in [1.807, 2.05) is 19.1 Å². The van der Waals surface area contributed by atoms with Gasteiger partial charge in [-0.25, -0.2) is 0 Å². The van der Waals surface area contributed by atoms with Crippen LogP contribution in [0, 0.1) is 0 Å². The van der Waals surface area contributed by atoms with Crippen LogP contribution in [-0.4, -0.2) is 44.7 Å².